The van der Waals surface area contributed by atoms with Crippen LogP contribution >= 0.6 is 0 Å². The Bertz CT molecular complexity index is 335. The Balaban J connectivity index is 1.95. The van der Waals surface area contributed by atoms with Crippen LogP contribution in [-0.4, -0.2) is 11.5 Å². The van der Waals surface area contributed by atoms with E-state index in [-0.39, 0.29) is 5.54 Å². The lowest BCUT2D eigenvalue weighted by Crippen LogP contribution is -2.43. The van der Waals surface area contributed by atoms with Gasteiger partial charge in [-0.25, -0.2) is 0 Å². The third kappa shape index (κ3) is 1.75. The van der Waals surface area contributed by atoms with E-state index < -0.39 is 0 Å². The van der Waals surface area contributed by atoms with E-state index >= 15 is 0 Å². The second kappa shape index (κ2) is 4.17. The van der Waals surface area contributed by atoms with Gasteiger partial charge in [0.1, 0.15) is 0 Å². The fraction of sp³-hybridized carbons (Fsp3) is 0.643. The highest BCUT2D eigenvalue weighted by Gasteiger charge is 2.46. The molecule has 0 spiro atoms. The van der Waals surface area contributed by atoms with Crippen LogP contribution in [0.1, 0.15) is 44.1 Å². The number of nitrogens with one attached hydrogen (secondary N) is 1. The molecule has 1 saturated heterocycles. The maximum absolute atomic E-state index is 4.31. The molecule has 1 aromatic heterocycles. The summed E-state index contributed by atoms with van der Waals surface area (Å²) in [6.45, 7) is 1.17. The van der Waals surface area contributed by atoms with Gasteiger partial charge in [-0.1, -0.05) is 18.9 Å². The quantitative estimate of drug-likeness (QED) is 0.822. The van der Waals surface area contributed by atoms with Crippen LogP contribution in [0.2, 0.25) is 0 Å². The first-order valence-electron chi connectivity index (χ1n) is 6.57. The predicted octanol–water partition coefficient (Wildman–Crippen LogP) is 2.85. The van der Waals surface area contributed by atoms with Crippen molar-refractivity contribution in [1.29, 1.82) is 0 Å². The highest BCUT2D eigenvalue weighted by molar-refractivity contribution is 5.24. The summed E-state index contributed by atoms with van der Waals surface area (Å²) >= 11 is 0. The van der Waals surface area contributed by atoms with E-state index in [1.807, 2.05) is 6.20 Å². The molecule has 2 heterocycles. The van der Waals surface area contributed by atoms with Crippen molar-refractivity contribution in [2.75, 3.05) is 6.54 Å². The molecule has 2 heteroatoms. The molecule has 1 aliphatic heterocycles. The van der Waals surface area contributed by atoms with Crippen molar-refractivity contribution in [3.63, 3.8) is 0 Å². The Labute approximate surface area is 97.5 Å². The monoisotopic (exact) mass is 216 g/mol. The Kier molecular flexibility index (Phi) is 2.68. The molecule has 2 aliphatic rings. The Morgan fingerprint density at radius 1 is 1.25 bits per heavy atom. The van der Waals surface area contributed by atoms with Gasteiger partial charge in [0, 0.05) is 17.9 Å². The van der Waals surface area contributed by atoms with Gasteiger partial charge in [-0.05, 0) is 49.8 Å². The maximum atomic E-state index is 4.31. The topological polar surface area (TPSA) is 24.9 Å². The van der Waals surface area contributed by atoms with Crippen molar-refractivity contribution in [1.82, 2.24) is 10.3 Å². The molecular weight excluding hydrogens is 196 g/mol. The zero-order valence-corrected chi connectivity index (χ0v) is 9.78. The number of nitrogens with zero attached hydrogens (tertiary/aromatic N) is 1. The molecule has 0 amide bonds. The highest BCUT2D eigenvalue weighted by atomic mass is 15.0. The minimum absolute atomic E-state index is 0.255. The number of aromatic nitrogens is 1. The van der Waals surface area contributed by atoms with Gasteiger partial charge >= 0.3 is 0 Å². The smallest absolute Gasteiger partial charge is 0.0478 e. The van der Waals surface area contributed by atoms with Crippen molar-refractivity contribution < 1.29 is 0 Å². The molecule has 2 fully saturated rings. The van der Waals surface area contributed by atoms with Crippen molar-refractivity contribution in [2.45, 2.75) is 44.1 Å². The number of hydrogen-bond acceptors (Lipinski definition) is 2. The lowest BCUT2D eigenvalue weighted by molar-refractivity contribution is 0.278. The van der Waals surface area contributed by atoms with Crippen LogP contribution in [0.25, 0.3) is 0 Å². The van der Waals surface area contributed by atoms with Crippen LogP contribution < -0.4 is 5.32 Å². The average Bonchev–Trinajstić information content (AvgIpc) is 3.17. The van der Waals surface area contributed by atoms with E-state index in [0.717, 1.165) is 5.92 Å². The standard InChI is InChI=1S/C14H20N2/c1-2-8-14(12-6-7-12,16-10-3-1)13-5-4-9-15-11-13/h4-5,9,11-12,16H,1-3,6-8,10H2. The van der Waals surface area contributed by atoms with Gasteiger partial charge in [-0.3, -0.25) is 4.98 Å². The molecule has 0 bridgehead atoms. The van der Waals surface area contributed by atoms with Gasteiger partial charge in [0.05, 0.1) is 0 Å². The van der Waals surface area contributed by atoms with Crippen molar-refractivity contribution in [3.05, 3.63) is 30.1 Å². The number of pyridine rings is 1. The first-order valence-corrected chi connectivity index (χ1v) is 6.57. The highest BCUT2D eigenvalue weighted by Crippen LogP contribution is 2.49. The second-order valence-electron chi connectivity index (χ2n) is 5.22. The summed E-state index contributed by atoms with van der Waals surface area (Å²) in [5.74, 6) is 0.856. The van der Waals surface area contributed by atoms with E-state index in [0.29, 0.717) is 0 Å². The summed E-state index contributed by atoms with van der Waals surface area (Å²) in [6.07, 6.45) is 12.1. The van der Waals surface area contributed by atoms with Crippen LogP contribution in [0.15, 0.2) is 24.5 Å². The van der Waals surface area contributed by atoms with E-state index in [9.17, 15) is 0 Å². The molecule has 1 N–H and O–H groups in total. The van der Waals surface area contributed by atoms with Crippen molar-refractivity contribution in [2.24, 2.45) is 5.92 Å². The molecule has 1 atom stereocenters. The van der Waals surface area contributed by atoms with Crippen molar-refractivity contribution >= 4 is 0 Å². The summed E-state index contributed by atoms with van der Waals surface area (Å²) in [6, 6.07) is 4.33. The molecule has 86 valence electrons. The minimum Gasteiger partial charge on any atom is -0.307 e. The van der Waals surface area contributed by atoms with Gasteiger partial charge < -0.3 is 5.32 Å². The molecule has 0 radical (unpaired) electrons. The zero-order chi connectivity index (χ0) is 10.8. The average molecular weight is 216 g/mol. The fourth-order valence-corrected chi connectivity index (χ4v) is 3.14. The molecule has 1 aliphatic carbocycles. The van der Waals surface area contributed by atoms with Gasteiger partial charge in [-0.2, -0.15) is 0 Å². The van der Waals surface area contributed by atoms with Gasteiger partial charge in [0.25, 0.3) is 0 Å². The van der Waals surface area contributed by atoms with Gasteiger partial charge in [0.15, 0.2) is 0 Å². The van der Waals surface area contributed by atoms with Gasteiger partial charge in [-0.15, -0.1) is 0 Å². The molecule has 1 aromatic rings. The van der Waals surface area contributed by atoms with E-state index in [4.69, 9.17) is 0 Å². The fourth-order valence-electron chi connectivity index (χ4n) is 3.14. The van der Waals surface area contributed by atoms with Gasteiger partial charge in [0.2, 0.25) is 0 Å². The van der Waals surface area contributed by atoms with Crippen LogP contribution in [0.3, 0.4) is 0 Å². The normalized spacial score (nSPS) is 31.0. The molecule has 0 aromatic carbocycles. The summed E-state index contributed by atoms with van der Waals surface area (Å²) in [7, 11) is 0. The minimum atomic E-state index is 0.255. The summed E-state index contributed by atoms with van der Waals surface area (Å²) < 4.78 is 0. The largest absolute Gasteiger partial charge is 0.307 e. The second-order valence-corrected chi connectivity index (χ2v) is 5.22. The van der Waals surface area contributed by atoms with Crippen molar-refractivity contribution in [3.8, 4) is 0 Å². The molecule has 3 rings (SSSR count). The maximum Gasteiger partial charge on any atom is 0.0478 e. The summed E-state index contributed by atoms with van der Waals surface area (Å²) in [4.78, 5) is 4.31. The van der Waals surface area contributed by atoms with Crippen LogP contribution in [0.4, 0.5) is 0 Å². The Morgan fingerprint density at radius 3 is 2.94 bits per heavy atom. The third-order valence-corrected chi connectivity index (χ3v) is 4.14. The Morgan fingerprint density at radius 2 is 2.19 bits per heavy atom. The van der Waals surface area contributed by atoms with E-state index in [1.165, 1.54) is 50.6 Å². The predicted molar refractivity (Wildman–Crippen MR) is 65.1 cm³/mol. The number of rotatable bonds is 2. The summed E-state index contributed by atoms with van der Waals surface area (Å²) in [5.41, 5.74) is 1.67. The van der Waals surface area contributed by atoms with E-state index in [1.54, 1.807) is 0 Å². The van der Waals surface area contributed by atoms with Crippen LogP contribution in [0, 0.1) is 5.92 Å². The first-order chi connectivity index (χ1) is 7.92. The van der Waals surface area contributed by atoms with E-state index in [2.05, 4.69) is 28.6 Å². The molecule has 16 heavy (non-hydrogen) atoms. The molecule has 2 nitrogen and oxygen atoms in total. The SMILES string of the molecule is c1cncc(C2(C3CC3)CCCCCN2)c1. The Hall–Kier alpha value is -0.890. The molecular formula is C14H20N2. The first kappa shape index (κ1) is 10.3. The summed E-state index contributed by atoms with van der Waals surface area (Å²) in [5, 5.41) is 3.83. The zero-order valence-electron chi connectivity index (χ0n) is 9.78. The molecule has 1 unspecified atom stereocenters. The third-order valence-electron chi connectivity index (χ3n) is 4.14. The lowest BCUT2D eigenvalue weighted by Gasteiger charge is -2.34. The lowest BCUT2D eigenvalue weighted by atomic mass is 9.82. The molecule has 1 saturated carbocycles. The van der Waals surface area contributed by atoms with Crippen LogP contribution in [-0.2, 0) is 5.54 Å². The number of hydrogen-bond donors (Lipinski definition) is 1. The van der Waals surface area contributed by atoms with Crippen LogP contribution in [0.5, 0.6) is 0 Å².